The molecule has 1 aromatic carbocycles. The zero-order chi connectivity index (χ0) is 11.1. The van der Waals surface area contributed by atoms with E-state index < -0.39 is 6.03 Å². The molecule has 0 spiro atoms. The van der Waals surface area contributed by atoms with Crippen LogP contribution < -0.4 is 15.8 Å². The van der Waals surface area contributed by atoms with E-state index in [2.05, 4.69) is 5.32 Å². The van der Waals surface area contributed by atoms with E-state index in [-0.39, 0.29) is 0 Å². The van der Waals surface area contributed by atoms with Gasteiger partial charge < -0.3 is 15.8 Å². The van der Waals surface area contributed by atoms with Crippen molar-refractivity contribution in [2.45, 2.75) is 6.42 Å². The van der Waals surface area contributed by atoms with Gasteiger partial charge in [-0.05, 0) is 30.7 Å². The van der Waals surface area contributed by atoms with Crippen molar-refractivity contribution in [2.24, 2.45) is 5.73 Å². The Labute approximate surface area is 93.4 Å². The zero-order valence-corrected chi connectivity index (χ0v) is 8.96. The Hall–Kier alpha value is -1.42. The average Bonchev–Trinajstić information content (AvgIpc) is 2.20. The Morgan fingerprint density at radius 1 is 1.40 bits per heavy atom. The van der Waals surface area contributed by atoms with Gasteiger partial charge in [0.25, 0.3) is 0 Å². The van der Waals surface area contributed by atoms with Crippen molar-refractivity contribution in [3.8, 4) is 5.75 Å². The molecule has 0 aliphatic rings. The third kappa shape index (κ3) is 4.56. The van der Waals surface area contributed by atoms with Crippen molar-refractivity contribution >= 4 is 23.3 Å². The van der Waals surface area contributed by atoms with E-state index in [4.69, 9.17) is 22.1 Å². The molecule has 0 saturated heterocycles. The molecule has 4 nitrogen and oxygen atoms in total. The Balaban J connectivity index is 2.45. The monoisotopic (exact) mass is 228 g/mol. The van der Waals surface area contributed by atoms with Gasteiger partial charge in [-0.15, -0.1) is 11.6 Å². The third-order valence-corrected chi connectivity index (χ3v) is 1.94. The Morgan fingerprint density at radius 2 is 2.07 bits per heavy atom. The molecule has 0 aromatic heterocycles. The number of nitrogens with one attached hydrogen (secondary N) is 1. The second-order valence-electron chi connectivity index (χ2n) is 2.90. The summed E-state index contributed by atoms with van der Waals surface area (Å²) in [5.74, 6) is 1.33. The van der Waals surface area contributed by atoms with Gasteiger partial charge >= 0.3 is 6.03 Å². The largest absolute Gasteiger partial charge is 0.494 e. The normalized spacial score (nSPS) is 9.67. The van der Waals surface area contributed by atoms with E-state index in [1.807, 2.05) is 0 Å². The van der Waals surface area contributed by atoms with Gasteiger partial charge in [0.05, 0.1) is 6.61 Å². The zero-order valence-electron chi connectivity index (χ0n) is 8.20. The van der Waals surface area contributed by atoms with Gasteiger partial charge in [-0.1, -0.05) is 0 Å². The maximum Gasteiger partial charge on any atom is 0.316 e. The predicted molar refractivity (Wildman–Crippen MR) is 60.5 cm³/mol. The van der Waals surface area contributed by atoms with Gasteiger partial charge in [-0.2, -0.15) is 0 Å². The molecule has 0 atom stereocenters. The SMILES string of the molecule is NC(=O)Nc1ccc(OCCCCl)cc1. The minimum absolute atomic E-state index is 0.578. The molecule has 0 bridgehead atoms. The summed E-state index contributed by atoms with van der Waals surface area (Å²) in [5.41, 5.74) is 5.61. The van der Waals surface area contributed by atoms with Crippen molar-refractivity contribution in [3.63, 3.8) is 0 Å². The van der Waals surface area contributed by atoms with Crippen LogP contribution in [0.3, 0.4) is 0 Å². The number of anilines is 1. The smallest absolute Gasteiger partial charge is 0.316 e. The lowest BCUT2D eigenvalue weighted by molar-refractivity contribution is 0.259. The molecule has 0 aliphatic carbocycles. The van der Waals surface area contributed by atoms with Gasteiger partial charge in [0.1, 0.15) is 5.75 Å². The van der Waals surface area contributed by atoms with Crippen LogP contribution in [0.15, 0.2) is 24.3 Å². The summed E-state index contributed by atoms with van der Waals surface area (Å²) in [6, 6.07) is 6.39. The van der Waals surface area contributed by atoms with Gasteiger partial charge in [0.15, 0.2) is 0 Å². The first-order valence-corrected chi connectivity index (χ1v) is 5.11. The van der Waals surface area contributed by atoms with E-state index >= 15 is 0 Å². The van der Waals surface area contributed by atoms with Crippen LogP contribution in [0.1, 0.15) is 6.42 Å². The van der Waals surface area contributed by atoms with E-state index in [0.29, 0.717) is 18.2 Å². The highest BCUT2D eigenvalue weighted by molar-refractivity contribution is 6.17. The highest BCUT2D eigenvalue weighted by atomic mass is 35.5. The van der Waals surface area contributed by atoms with Crippen LogP contribution in [0, 0.1) is 0 Å². The molecule has 3 N–H and O–H groups in total. The van der Waals surface area contributed by atoms with E-state index in [1.54, 1.807) is 24.3 Å². The minimum Gasteiger partial charge on any atom is -0.494 e. The number of carbonyl (C=O) groups excluding carboxylic acids is 1. The summed E-state index contributed by atoms with van der Waals surface area (Å²) < 4.78 is 5.38. The molecule has 5 heteroatoms. The van der Waals surface area contributed by atoms with Crippen LogP contribution in [0.4, 0.5) is 10.5 Å². The quantitative estimate of drug-likeness (QED) is 0.599. The second-order valence-corrected chi connectivity index (χ2v) is 3.28. The molecule has 15 heavy (non-hydrogen) atoms. The fraction of sp³-hybridized carbons (Fsp3) is 0.300. The van der Waals surface area contributed by atoms with E-state index in [0.717, 1.165) is 12.2 Å². The summed E-state index contributed by atoms with van der Waals surface area (Å²) in [6.07, 6.45) is 0.808. The first kappa shape index (κ1) is 11.7. The third-order valence-electron chi connectivity index (χ3n) is 1.67. The molecule has 0 aliphatic heterocycles. The second kappa shape index (κ2) is 6.14. The molecule has 82 valence electrons. The molecule has 0 fully saturated rings. The molecule has 0 unspecified atom stereocenters. The highest BCUT2D eigenvalue weighted by Gasteiger charge is 1.97. The lowest BCUT2D eigenvalue weighted by Crippen LogP contribution is -2.19. The van der Waals surface area contributed by atoms with Gasteiger partial charge in [0.2, 0.25) is 0 Å². The van der Waals surface area contributed by atoms with Crippen molar-refractivity contribution in [2.75, 3.05) is 17.8 Å². The molecular weight excluding hydrogens is 216 g/mol. The molecule has 1 aromatic rings. The van der Waals surface area contributed by atoms with Crippen molar-refractivity contribution in [3.05, 3.63) is 24.3 Å². The van der Waals surface area contributed by atoms with E-state index in [9.17, 15) is 4.79 Å². The Morgan fingerprint density at radius 3 is 2.60 bits per heavy atom. The number of carbonyl (C=O) groups is 1. The minimum atomic E-state index is -0.578. The van der Waals surface area contributed by atoms with Gasteiger partial charge in [-0.3, -0.25) is 0 Å². The summed E-state index contributed by atoms with van der Waals surface area (Å²) in [7, 11) is 0. The number of nitrogens with two attached hydrogens (primary N) is 1. The number of alkyl halides is 1. The summed E-state index contributed by atoms with van der Waals surface area (Å²) in [4.78, 5) is 10.5. The number of hydrogen-bond donors (Lipinski definition) is 2. The summed E-state index contributed by atoms with van der Waals surface area (Å²) >= 11 is 5.51. The van der Waals surface area contributed by atoms with Crippen LogP contribution in [0.2, 0.25) is 0 Å². The number of urea groups is 1. The molecule has 0 saturated carbocycles. The fourth-order valence-corrected chi connectivity index (χ4v) is 1.13. The van der Waals surface area contributed by atoms with Crippen molar-refractivity contribution < 1.29 is 9.53 Å². The van der Waals surface area contributed by atoms with Gasteiger partial charge in [0, 0.05) is 11.6 Å². The number of rotatable bonds is 5. The number of benzene rings is 1. The molecule has 0 radical (unpaired) electrons. The lowest BCUT2D eigenvalue weighted by atomic mass is 10.3. The number of amides is 2. The number of ether oxygens (including phenoxy) is 1. The van der Waals surface area contributed by atoms with Gasteiger partial charge in [-0.25, -0.2) is 4.79 Å². The first-order valence-electron chi connectivity index (χ1n) is 4.57. The van der Waals surface area contributed by atoms with E-state index in [1.165, 1.54) is 0 Å². The van der Waals surface area contributed by atoms with Crippen LogP contribution in [0.25, 0.3) is 0 Å². The van der Waals surface area contributed by atoms with Crippen LogP contribution in [-0.2, 0) is 0 Å². The number of primary amides is 1. The topological polar surface area (TPSA) is 64.4 Å². The summed E-state index contributed by atoms with van der Waals surface area (Å²) in [5, 5.41) is 2.46. The Kier molecular flexibility index (Phi) is 4.77. The summed E-state index contributed by atoms with van der Waals surface area (Å²) in [6.45, 7) is 0.589. The maximum atomic E-state index is 10.5. The molecule has 1 rings (SSSR count). The lowest BCUT2D eigenvalue weighted by Gasteiger charge is -2.06. The average molecular weight is 229 g/mol. The van der Waals surface area contributed by atoms with Crippen LogP contribution >= 0.6 is 11.6 Å². The van der Waals surface area contributed by atoms with Crippen LogP contribution in [-0.4, -0.2) is 18.5 Å². The van der Waals surface area contributed by atoms with Crippen molar-refractivity contribution in [1.82, 2.24) is 0 Å². The highest BCUT2D eigenvalue weighted by Crippen LogP contribution is 2.15. The first-order chi connectivity index (χ1) is 7.22. The fourth-order valence-electron chi connectivity index (χ4n) is 1.02. The maximum absolute atomic E-state index is 10.5. The Bertz CT molecular complexity index is 314. The van der Waals surface area contributed by atoms with Crippen LogP contribution in [0.5, 0.6) is 5.75 Å². The number of halogens is 1. The predicted octanol–water partition coefficient (Wildman–Crippen LogP) is 2.18. The standard InChI is InChI=1S/C10H13ClN2O2/c11-6-1-7-15-9-4-2-8(3-5-9)13-10(12)14/h2-5H,1,6-7H2,(H3,12,13,14). The molecular formula is C10H13ClN2O2. The molecule has 2 amide bonds. The molecule has 0 heterocycles. The van der Waals surface area contributed by atoms with Crippen molar-refractivity contribution in [1.29, 1.82) is 0 Å². The number of hydrogen-bond acceptors (Lipinski definition) is 2.